The average molecular weight is 416 g/mol. The highest BCUT2D eigenvalue weighted by atomic mass is 35.5. The molecule has 6 nitrogen and oxygen atoms in total. The minimum absolute atomic E-state index is 0.293. The van der Waals surface area contributed by atoms with E-state index in [1.807, 2.05) is 43.3 Å². The summed E-state index contributed by atoms with van der Waals surface area (Å²) in [5, 5.41) is 2.72. The van der Waals surface area contributed by atoms with Crippen LogP contribution in [-0.4, -0.2) is 42.6 Å². The maximum Gasteiger partial charge on any atom is 0.294 e. The molecule has 1 aliphatic rings. The fourth-order valence-corrected chi connectivity index (χ4v) is 3.50. The summed E-state index contributed by atoms with van der Waals surface area (Å²) in [5.74, 6) is -0.931. The number of nitrogens with one attached hydrogen (secondary N) is 1. The number of hydrogen-bond acceptors (Lipinski definition) is 5. The molecule has 1 aliphatic heterocycles. The minimum atomic E-state index is -0.474. The van der Waals surface area contributed by atoms with E-state index >= 15 is 0 Å². The molecule has 0 saturated carbocycles. The number of rotatable bonds is 5. The van der Waals surface area contributed by atoms with Gasteiger partial charge in [0.2, 0.25) is 5.91 Å². The van der Waals surface area contributed by atoms with Crippen LogP contribution in [0.2, 0.25) is 5.02 Å². The van der Waals surface area contributed by atoms with Crippen LogP contribution in [0.5, 0.6) is 0 Å². The minimum Gasteiger partial charge on any atom is -0.378 e. The second-order valence-electron chi connectivity index (χ2n) is 6.31. The fraction of sp³-hybridized carbons (Fsp3) is 0.150. The van der Waals surface area contributed by atoms with Gasteiger partial charge in [0.05, 0.1) is 4.91 Å². The summed E-state index contributed by atoms with van der Waals surface area (Å²) in [6.45, 7) is -0.343. The van der Waals surface area contributed by atoms with Gasteiger partial charge in [-0.05, 0) is 59.8 Å². The number of amides is 3. The van der Waals surface area contributed by atoms with Crippen molar-refractivity contribution in [2.45, 2.75) is 0 Å². The summed E-state index contributed by atoms with van der Waals surface area (Å²) >= 11 is 6.64. The van der Waals surface area contributed by atoms with E-state index in [0.29, 0.717) is 15.6 Å². The van der Waals surface area contributed by atoms with Crippen LogP contribution in [0, 0.1) is 0 Å². The van der Waals surface area contributed by atoms with E-state index in [1.54, 1.807) is 30.3 Å². The molecule has 0 aliphatic carbocycles. The number of imide groups is 1. The molecule has 0 spiro atoms. The van der Waals surface area contributed by atoms with Gasteiger partial charge < -0.3 is 10.2 Å². The second kappa shape index (κ2) is 8.50. The van der Waals surface area contributed by atoms with Crippen molar-refractivity contribution in [1.82, 2.24) is 4.90 Å². The van der Waals surface area contributed by atoms with Gasteiger partial charge >= 0.3 is 0 Å². The van der Waals surface area contributed by atoms with E-state index in [4.69, 9.17) is 11.6 Å². The van der Waals surface area contributed by atoms with Crippen LogP contribution in [-0.2, 0) is 9.59 Å². The summed E-state index contributed by atoms with van der Waals surface area (Å²) in [4.78, 5) is 40.1. The molecule has 0 atom stereocenters. The standard InChI is InChI=1S/C20H18ClN3O3S/c1-23(2)16-9-3-13(4-10-16)11-17-19(26)24(20(27)28-17)12-18(25)22-15-7-5-14(21)6-8-15/h3-11H,12H2,1-2H3,(H,22,25)/b17-11+. The maximum atomic E-state index is 12.5. The molecule has 1 fully saturated rings. The van der Waals surface area contributed by atoms with Crippen LogP contribution >= 0.6 is 23.4 Å². The first-order chi connectivity index (χ1) is 13.3. The Hall–Kier alpha value is -2.77. The van der Waals surface area contributed by atoms with Gasteiger partial charge in [0, 0.05) is 30.5 Å². The van der Waals surface area contributed by atoms with E-state index in [2.05, 4.69) is 5.32 Å². The molecular formula is C20H18ClN3O3S. The van der Waals surface area contributed by atoms with Crippen molar-refractivity contribution >= 4 is 57.9 Å². The molecule has 2 aromatic carbocycles. The molecule has 0 bridgehead atoms. The lowest BCUT2D eigenvalue weighted by Gasteiger charge is -2.12. The number of anilines is 2. The zero-order valence-electron chi connectivity index (χ0n) is 15.3. The van der Waals surface area contributed by atoms with Crippen molar-refractivity contribution in [3.8, 4) is 0 Å². The third-order valence-electron chi connectivity index (χ3n) is 4.01. The Bertz CT molecular complexity index is 940. The number of nitrogens with zero attached hydrogens (tertiary/aromatic N) is 2. The SMILES string of the molecule is CN(C)c1ccc(/C=C2/SC(=O)N(CC(=O)Nc3ccc(Cl)cc3)C2=O)cc1. The van der Waals surface area contributed by atoms with E-state index in [-0.39, 0.29) is 6.54 Å². The Morgan fingerprint density at radius 2 is 1.75 bits per heavy atom. The molecule has 144 valence electrons. The molecule has 0 aromatic heterocycles. The molecule has 8 heteroatoms. The number of carbonyl (C=O) groups is 3. The lowest BCUT2D eigenvalue weighted by Crippen LogP contribution is -2.36. The first-order valence-corrected chi connectivity index (χ1v) is 9.61. The molecule has 1 heterocycles. The van der Waals surface area contributed by atoms with Crippen LogP contribution < -0.4 is 10.2 Å². The van der Waals surface area contributed by atoms with Crippen LogP contribution in [0.4, 0.5) is 16.2 Å². The lowest BCUT2D eigenvalue weighted by atomic mass is 10.2. The normalized spacial score (nSPS) is 15.2. The molecule has 2 aromatic rings. The molecule has 0 radical (unpaired) electrons. The predicted octanol–water partition coefficient (Wildman–Crippen LogP) is 4.08. The van der Waals surface area contributed by atoms with Gasteiger partial charge in [-0.3, -0.25) is 19.3 Å². The zero-order valence-corrected chi connectivity index (χ0v) is 16.9. The van der Waals surface area contributed by atoms with Crippen LogP contribution in [0.15, 0.2) is 53.4 Å². The second-order valence-corrected chi connectivity index (χ2v) is 7.74. The number of benzene rings is 2. The van der Waals surface area contributed by atoms with Crippen molar-refractivity contribution in [1.29, 1.82) is 0 Å². The lowest BCUT2D eigenvalue weighted by molar-refractivity contribution is -0.127. The maximum absolute atomic E-state index is 12.5. The van der Waals surface area contributed by atoms with Crippen molar-refractivity contribution in [2.75, 3.05) is 30.9 Å². The van der Waals surface area contributed by atoms with Gasteiger partial charge in [0.25, 0.3) is 11.1 Å². The van der Waals surface area contributed by atoms with Gasteiger partial charge in [-0.2, -0.15) is 0 Å². The average Bonchev–Trinajstić information content (AvgIpc) is 2.91. The van der Waals surface area contributed by atoms with Crippen molar-refractivity contribution in [2.24, 2.45) is 0 Å². The fourth-order valence-electron chi connectivity index (χ4n) is 2.53. The van der Waals surface area contributed by atoms with Gasteiger partial charge in [-0.15, -0.1) is 0 Å². The van der Waals surface area contributed by atoms with Gasteiger partial charge in [-0.1, -0.05) is 23.7 Å². The van der Waals surface area contributed by atoms with Crippen LogP contribution in [0.25, 0.3) is 6.08 Å². The van der Waals surface area contributed by atoms with E-state index in [1.165, 1.54) is 0 Å². The van der Waals surface area contributed by atoms with Crippen LogP contribution in [0.3, 0.4) is 0 Å². The van der Waals surface area contributed by atoms with Crippen molar-refractivity contribution in [3.05, 3.63) is 64.0 Å². The Balaban J connectivity index is 1.67. The van der Waals surface area contributed by atoms with Crippen molar-refractivity contribution in [3.63, 3.8) is 0 Å². The van der Waals surface area contributed by atoms with E-state index in [0.717, 1.165) is 27.9 Å². The first-order valence-electron chi connectivity index (χ1n) is 8.41. The molecule has 3 amide bonds. The number of thioether (sulfide) groups is 1. The Labute approximate surface area is 172 Å². The van der Waals surface area contributed by atoms with Gasteiger partial charge in [-0.25, -0.2) is 0 Å². The molecule has 28 heavy (non-hydrogen) atoms. The molecular weight excluding hydrogens is 398 g/mol. The highest BCUT2D eigenvalue weighted by Gasteiger charge is 2.36. The highest BCUT2D eigenvalue weighted by Crippen LogP contribution is 2.32. The summed E-state index contributed by atoms with van der Waals surface area (Å²) in [6.07, 6.45) is 1.65. The monoisotopic (exact) mass is 415 g/mol. The topological polar surface area (TPSA) is 69.7 Å². The predicted molar refractivity (Wildman–Crippen MR) is 114 cm³/mol. The summed E-state index contributed by atoms with van der Waals surface area (Å²) in [7, 11) is 3.88. The Morgan fingerprint density at radius 3 is 2.36 bits per heavy atom. The number of carbonyl (C=O) groups excluding carboxylic acids is 3. The molecule has 1 N–H and O–H groups in total. The number of halogens is 1. The highest BCUT2D eigenvalue weighted by molar-refractivity contribution is 8.18. The Kier molecular flexibility index (Phi) is 6.06. The summed E-state index contributed by atoms with van der Waals surface area (Å²) in [6, 6.07) is 14.2. The van der Waals surface area contributed by atoms with Crippen LogP contribution in [0.1, 0.15) is 5.56 Å². The number of hydrogen-bond donors (Lipinski definition) is 1. The van der Waals surface area contributed by atoms with E-state index in [9.17, 15) is 14.4 Å². The summed E-state index contributed by atoms with van der Waals surface area (Å²) in [5.41, 5.74) is 2.38. The first kappa shape index (κ1) is 20.0. The van der Waals surface area contributed by atoms with Gasteiger partial charge in [0.15, 0.2) is 0 Å². The quantitative estimate of drug-likeness (QED) is 0.745. The van der Waals surface area contributed by atoms with E-state index < -0.39 is 17.1 Å². The third kappa shape index (κ3) is 4.74. The molecule has 1 saturated heterocycles. The Morgan fingerprint density at radius 1 is 1.11 bits per heavy atom. The smallest absolute Gasteiger partial charge is 0.294 e. The largest absolute Gasteiger partial charge is 0.378 e. The molecule has 0 unspecified atom stereocenters. The third-order valence-corrected chi connectivity index (χ3v) is 5.17. The van der Waals surface area contributed by atoms with Crippen molar-refractivity contribution < 1.29 is 14.4 Å². The zero-order chi connectivity index (χ0) is 20.3. The van der Waals surface area contributed by atoms with Gasteiger partial charge in [0.1, 0.15) is 6.54 Å². The summed E-state index contributed by atoms with van der Waals surface area (Å²) < 4.78 is 0. The molecule has 3 rings (SSSR count).